The van der Waals surface area contributed by atoms with Crippen molar-refractivity contribution in [3.8, 4) is 0 Å². The van der Waals surface area contributed by atoms with Gasteiger partial charge in [-0.15, -0.1) is 0 Å². The predicted molar refractivity (Wildman–Crippen MR) is 69.4 cm³/mol. The Morgan fingerprint density at radius 2 is 1.78 bits per heavy atom. The number of carbonyl (C=O) groups is 1. The van der Waals surface area contributed by atoms with E-state index in [1.807, 2.05) is 42.5 Å². The molecular weight excluding hydrogens is 226 g/mol. The zero-order valence-electron chi connectivity index (χ0n) is 9.99. The molecule has 3 heteroatoms. The molecule has 2 aromatic rings. The monoisotopic (exact) mass is 241 g/mol. The van der Waals surface area contributed by atoms with E-state index >= 15 is 0 Å². The zero-order valence-corrected chi connectivity index (χ0v) is 9.99. The van der Waals surface area contributed by atoms with Crippen molar-refractivity contribution < 1.29 is 9.90 Å². The Morgan fingerprint density at radius 1 is 1.11 bits per heavy atom. The lowest BCUT2D eigenvalue weighted by atomic mass is 9.93. The highest BCUT2D eigenvalue weighted by Crippen LogP contribution is 2.21. The Kier molecular flexibility index (Phi) is 4.07. The normalized spacial score (nSPS) is 12.0. The average Bonchev–Trinajstić information content (AvgIpc) is 2.41. The van der Waals surface area contributed by atoms with Gasteiger partial charge in [0.15, 0.2) is 0 Å². The van der Waals surface area contributed by atoms with E-state index in [0.29, 0.717) is 6.42 Å². The van der Waals surface area contributed by atoms with Crippen molar-refractivity contribution in [2.75, 3.05) is 0 Å². The van der Waals surface area contributed by atoms with Gasteiger partial charge in [-0.05, 0) is 36.1 Å². The lowest BCUT2D eigenvalue weighted by molar-refractivity contribution is -0.138. The summed E-state index contributed by atoms with van der Waals surface area (Å²) in [5.41, 5.74) is 1.98. The lowest BCUT2D eigenvalue weighted by Gasteiger charge is -2.12. The third-order valence-electron chi connectivity index (χ3n) is 2.97. The quantitative estimate of drug-likeness (QED) is 0.875. The van der Waals surface area contributed by atoms with Crippen molar-refractivity contribution in [2.24, 2.45) is 0 Å². The molecule has 0 amide bonds. The minimum Gasteiger partial charge on any atom is -0.481 e. The molecule has 1 heterocycles. The molecule has 1 aromatic heterocycles. The molecule has 0 aliphatic heterocycles. The Morgan fingerprint density at radius 3 is 2.39 bits per heavy atom. The second-order valence-electron chi connectivity index (χ2n) is 4.20. The van der Waals surface area contributed by atoms with Gasteiger partial charge in [-0.25, -0.2) is 0 Å². The summed E-state index contributed by atoms with van der Waals surface area (Å²) in [5, 5.41) is 9.29. The molecule has 92 valence electrons. The summed E-state index contributed by atoms with van der Waals surface area (Å²) in [6, 6.07) is 13.2. The fraction of sp³-hybridized carbons (Fsp3) is 0.200. The van der Waals surface area contributed by atoms with Crippen molar-refractivity contribution in [3.05, 3.63) is 66.0 Å². The van der Waals surface area contributed by atoms with Crippen molar-refractivity contribution in [2.45, 2.75) is 18.8 Å². The van der Waals surface area contributed by atoms with Crippen LogP contribution in [0.4, 0.5) is 0 Å². The van der Waals surface area contributed by atoms with E-state index in [-0.39, 0.29) is 0 Å². The largest absolute Gasteiger partial charge is 0.481 e. The molecule has 0 fully saturated rings. The van der Waals surface area contributed by atoms with Crippen molar-refractivity contribution in [3.63, 3.8) is 0 Å². The van der Waals surface area contributed by atoms with Crippen LogP contribution in [-0.2, 0) is 11.2 Å². The van der Waals surface area contributed by atoms with Crippen LogP contribution in [0.2, 0.25) is 0 Å². The molecule has 18 heavy (non-hydrogen) atoms. The molecule has 0 radical (unpaired) electrons. The predicted octanol–water partition coefficient (Wildman–Crippen LogP) is 2.88. The van der Waals surface area contributed by atoms with E-state index in [2.05, 4.69) is 4.98 Å². The summed E-state index contributed by atoms with van der Waals surface area (Å²) in [5.74, 6) is -1.21. The standard InChI is InChI=1S/C15H15NO2/c17-15(18)14(13-4-2-1-3-5-13)7-6-12-8-10-16-11-9-12/h1-5,8-11,14H,6-7H2,(H,17,18). The van der Waals surface area contributed by atoms with Crippen LogP contribution < -0.4 is 0 Å². The van der Waals surface area contributed by atoms with Gasteiger partial charge >= 0.3 is 5.97 Å². The fourth-order valence-electron chi connectivity index (χ4n) is 1.98. The number of hydrogen-bond donors (Lipinski definition) is 1. The molecule has 0 aliphatic carbocycles. The second-order valence-corrected chi connectivity index (χ2v) is 4.20. The number of pyridine rings is 1. The van der Waals surface area contributed by atoms with Gasteiger partial charge in [-0.2, -0.15) is 0 Å². The van der Waals surface area contributed by atoms with Crippen LogP contribution in [0.25, 0.3) is 0 Å². The second kappa shape index (κ2) is 5.96. The third-order valence-corrected chi connectivity index (χ3v) is 2.97. The number of hydrogen-bond acceptors (Lipinski definition) is 2. The zero-order chi connectivity index (χ0) is 12.8. The van der Waals surface area contributed by atoms with Crippen LogP contribution >= 0.6 is 0 Å². The van der Waals surface area contributed by atoms with Gasteiger partial charge < -0.3 is 5.11 Å². The van der Waals surface area contributed by atoms with E-state index in [0.717, 1.165) is 17.5 Å². The van der Waals surface area contributed by atoms with Gasteiger partial charge in [0.05, 0.1) is 5.92 Å². The maximum Gasteiger partial charge on any atom is 0.310 e. The maximum absolute atomic E-state index is 11.3. The molecule has 1 N–H and O–H groups in total. The topological polar surface area (TPSA) is 50.2 Å². The van der Waals surface area contributed by atoms with Gasteiger partial charge in [0, 0.05) is 12.4 Å². The highest BCUT2D eigenvalue weighted by atomic mass is 16.4. The number of carboxylic acid groups (broad SMARTS) is 1. The van der Waals surface area contributed by atoms with Crippen LogP contribution in [0, 0.1) is 0 Å². The SMILES string of the molecule is O=C(O)C(CCc1ccncc1)c1ccccc1. The molecule has 1 unspecified atom stereocenters. The first-order valence-corrected chi connectivity index (χ1v) is 5.94. The van der Waals surface area contributed by atoms with Crippen LogP contribution in [0.3, 0.4) is 0 Å². The van der Waals surface area contributed by atoms with Crippen molar-refractivity contribution in [1.82, 2.24) is 4.98 Å². The summed E-state index contributed by atoms with van der Waals surface area (Å²) in [6.07, 6.45) is 4.80. The van der Waals surface area contributed by atoms with Crippen LogP contribution in [0.15, 0.2) is 54.9 Å². The van der Waals surface area contributed by atoms with Gasteiger partial charge in [-0.1, -0.05) is 30.3 Å². The maximum atomic E-state index is 11.3. The van der Waals surface area contributed by atoms with Gasteiger partial charge in [0.1, 0.15) is 0 Å². The number of benzene rings is 1. The minimum atomic E-state index is -0.768. The van der Waals surface area contributed by atoms with E-state index in [1.165, 1.54) is 0 Å². The van der Waals surface area contributed by atoms with Gasteiger partial charge in [0.25, 0.3) is 0 Å². The third kappa shape index (κ3) is 3.17. The van der Waals surface area contributed by atoms with Crippen LogP contribution in [0.1, 0.15) is 23.5 Å². The van der Waals surface area contributed by atoms with Crippen molar-refractivity contribution in [1.29, 1.82) is 0 Å². The number of nitrogens with zero attached hydrogens (tertiary/aromatic N) is 1. The molecule has 1 aromatic carbocycles. The minimum absolute atomic E-state index is 0.445. The first-order valence-electron chi connectivity index (χ1n) is 5.94. The summed E-state index contributed by atoms with van der Waals surface area (Å²) in [6.45, 7) is 0. The van der Waals surface area contributed by atoms with E-state index in [4.69, 9.17) is 0 Å². The Bertz CT molecular complexity index is 496. The fourth-order valence-corrected chi connectivity index (χ4v) is 1.98. The molecule has 0 saturated heterocycles. The first kappa shape index (κ1) is 12.3. The lowest BCUT2D eigenvalue weighted by Crippen LogP contribution is -2.12. The Labute approximate surface area is 106 Å². The molecular formula is C15H15NO2. The van der Waals surface area contributed by atoms with Crippen molar-refractivity contribution >= 4 is 5.97 Å². The number of aryl methyl sites for hydroxylation is 1. The summed E-state index contributed by atoms with van der Waals surface area (Å²) in [4.78, 5) is 15.3. The molecule has 0 aliphatic rings. The van der Waals surface area contributed by atoms with Gasteiger partial charge in [0.2, 0.25) is 0 Å². The van der Waals surface area contributed by atoms with Crippen LogP contribution in [0.5, 0.6) is 0 Å². The van der Waals surface area contributed by atoms with E-state index < -0.39 is 11.9 Å². The number of carboxylic acids is 1. The summed E-state index contributed by atoms with van der Waals surface area (Å²) >= 11 is 0. The molecule has 2 rings (SSSR count). The van der Waals surface area contributed by atoms with Gasteiger partial charge in [-0.3, -0.25) is 9.78 Å². The van der Waals surface area contributed by atoms with Crippen LogP contribution in [-0.4, -0.2) is 16.1 Å². The summed E-state index contributed by atoms with van der Waals surface area (Å²) in [7, 11) is 0. The number of aliphatic carboxylic acids is 1. The number of rotatable bonds is 5. The van der Waals surface area contributed by atoms with E-state index in [9.17, 15) is 9.90 Å². The Hall–Kier alpha value is -2.16. The molecule has 0 bridgehead atoms. The molecule has 0 spiro atoms. The first-order chi connectivity index (χ1) is 8.77. The molecule has 0 saturated carbocycles. The highest BCUT2D eigenvalue weighted by molar-refractivity contribution is 5.76. The average molecular weight is 241 g/mol. The molecule has 1 atom stereocenters. The number of aromatic nitrogens is 1. The van der Waals surface area contributed by atoms with E-state index in [1.54, 1.807) is 12.4 Å². The Balaban J connectivity index is 2.06. The highest BCUT2D eigenvalue weighted by Gasteiger charge is 2.18. The molecule has 3 nitrogen and oxygen atoms in total. The summed E-state index contributed by atoms with van der Waals surface area (Å²) < 4.78 is 0. The smallest absolute Gasteiger partial charge is 0.310 e.